The van der Waals surface area contributed by atoms with E-state index in [2.05, 4.69) is 25.9 Å². The summed E-state index contributed by atoms with van der Waals surface area (Å²) in [6.07, 6.45) is 5.37. The fourth-order valence-corrected chi connectivity index (χ4v) is 1.72. The van der Waals surface area contributed by atoms with Crippen LogP contribution in [-0.4, -0.2) is 22.4 Å². The second-order valence-electron chi connectivity index (χ2n) is 2.64. The highest BCUT2D eigenvalue weighted by molar-refractivity contribution is 9.10. The number of carbonyl (C=O) groups is 1. The van der Waals surface area contributed by atoms with Crippen LogP contribution in [0.1, 0.15) is 0 Å². The first kappa shape index (κ1) is 8.37. The minimum absolute atomic E-state index is 0.0249. The van der Waals surface area contributed by atoms with Crippen molar-refractivity contribution in [2.45, 2.75) is 4.83 Å². The smallest absolute Gasteiger partial charge is 0.282 e. The van der Waals surface area contributed by atoms with E-state index in [-0.39, 0.29) is 16.7 Å². The zero-order valence-electron chi connectivity index (χ0n) is 6.57. The van der Waals surface area contributed by atoms with E-state index in [4.69, 9.17) is 5.73 Å². The van der Waals surface area contributed by atoms with E-state index in [1.807, 2.05) is 6.08 Å². The molecule has 5 heteroatoms. The van der Waals surface area contributed by atoms with E-state index < -0.39 is 0 Å². The molecule has 0 saturated heterocycles. The van der Waals surface area contributed by atoms with Crippen molar-refractivity contribution in [3.8, 4) is 0 Å². The molecule has 0 radical (unpaired) electrons. The van der Waals surface area contributed by atoms with Crippen molar-refractivity contribution in [3.63, 3.8) is 0 Å². The van der Waals surface area contributed by atoms with Crippen LogP contribution in [0.3, 0.4) is 0 Å². The van der Waals surface area contributed by atoms with Crippen LogP contribution in [0.2, 0.25) is 0 Å². The maximum absolute atomic E-state index is 11.3. The van der Waals surface area contributed by atoms with Crippen molar-refractivity contribution in [3.05, 3.63) is 23.8 Å². The number of carbonyl (C=O) groups excluding carboxylic acids is 1. The highest BCUT2D eigenvalue weighted by Gasteiger charge is 2.26. The van der Waals surface area contributed by atoms with Crippen molar-refractivity contribution >= 4 is 33.5 Å². The third kappa shape index (κ3) is 1.35. The summed E-state index contributed by atoms with van der Waals surface area (Å²) in [4.78, 5) is 18.8. The van der Waals surface area contributed by atoms with Crippen molar-refractivity contribution in [2.75, 3.05) is 0 Å². The number of amides is 1. The summed E-state index contributed by atoms with van der Waals surface area (Å²) in [5, 5.41) is 0. The van der Waals surface area contributed by atoms with Gasteiger partial charge in [-0.25, -0.2) is 4.99 Å². The Kier molecular flexibility index (Phi) is 1.88. The van der Waals surface area contributed by atoms with E-state index in [0.29, 0.717) is 11.3 Å². The number of alkyl halides is 1. The Morgan fingerprint density at radius 3 is 3.00 bits per heavy atom. The van der Waals surface area contributed by atoms with Crippen molar-refractivity contribution in [2.24, 2.45) is 15.7 Å². The second-order valence-corrected chi connectivity index (χ2v) is 3.63. The number of nitrogens with two attached hydrogens (primary N) is 1. The molecule has 1 aliphatic carbocycles. The molecule has 0 spiro atoms. The fourth-order valence-electron chi connectivity index (χ4n) is 1.19. The molecule has 1 atom stereocenters. The Balaban J connectivity index is 2.52. The first-order valence-electron chi connectivity index (χ1n) is 3.68. The van der Waals surface area contributed by atoms with Crippen LogP contribution in [0, 0.1) is 0 Å². The maximum atomic E-state index is 11.3. The molecule has 2 N–H and O–H groups in total. The minimum atomic E-state index is -0.323. The highest BCUT2D eigenvalue weighted by Crippen LogP contribution is 2.20. The Hall–Kier alpha value is -1.23. The summed E-state index contributed by atoms with van der Waals surface area (Å²) in [6.45, 7) is 0. The lowest BCUT2D eigenvalue weighted by molar-refractivity contribution is -0.113. The van der Waals surface area contributed by atoms with Gasteiger partial charge in [0.1, 0.15) is 0 Å². The molecule has 0 aromatic heterocycles. The Labute approximate surface area is 83.1 Å². The van der Waals surface area contributed by atoms with Gasteiger partial charge in [-0.05, 0) is 6.08 Å². The minimum Gasteiger partial charge on any atom is -0.368 e. The lowest BCUT2D eigenvalue weighted by atomic mass is 10.0. The molecular weight excluding hydrogens is 234 g/mol. The van der Waals surface area contributed by atoms with Gasteiger partial charge in [0.15, 0.2) is 0 Å². The number of hydrogen-bond acceptors (Lipinski definition) is 3. The summed E-state index contributed by atoms with van der Waals surface area (Å²) >= 11 is 3.36. The summed E-state index contributed by atoms with van der Waals surface area (Å²) in [6, 6.07) is 0. The number of aliphatic imine (C=N–C) groups is 2. The van der Waals surface area contributed by atoms with Crippen LogP contribution in [0.15, 0.2) is 33.8 Å². The molecule has 2 aliphatic rings. The summed E-state index contributed by atoms with van der Waals surface area (Å²) in [7, 11) is 0. The van der Waals surface area contributed by atoms with Gasteiger partial charge in [0.05, 0.1) is 16.1 Å². The average Bonchev–Trinajstić information content (AvgIpc) is 2.07. The molecule has 0 aromatic carbocycles. The Morgan fingerprint density at radius 1 is 1.46 bits per heavy atom. The highest BCUT2D eigenvalue weighted by atomic mass is 79.9. The van der Waals surface area contributed by atoms with Crippen LogP contribution >= 0.6 is 15.9 Å². The molecule has 0 aromatic rings. The number of rotatable bonds is 0. The van der Waals surface area contributed by atoms with Gasteiger partial charge in [-0.2, -0.15) is 4.99 Å². The van der Waals surface area contributed by atoms with E-state index in [1.165, 1.54) is 0 Å². The van der Waals surface area contributed by atoms with E-state index in [1.54, 1.807) is 12.2 Å². The summed E-state index contributed by atoms with van der Waals surface area (Å²) in [5.74, 6) is -0.298. The maximum Gasteiger partial charge on any atom is 0.282 e. The van der Waals surface area contributed by atoms with Gasteiger partial charge in [0, 0.05) is 0 Å². The van der Waals surface area contributed by atoms with Crippen LogP contribution in [0.25, 0.3) is 0 Å². The number of guanidine groups is 1. The monoisotopic (exact) mass is 239 g/mol. The molecule has 2 rings (SSSR count). The molecule has 1 heterocycles. The normalized spacial score (nSPS) is 26.1. The summed E-state index contributed by atoms with van der Waals surface area (Å²) in [5.41, 5.74) is 6.52. The number of fused-ring (bicyclic) bond motifs is 1. The van der Waals surface area contributed by atoms with Gasteiger partial charge in [-0.1, -0.05) is 28.1 Å². The van der Waals surface area contributed by atoms with Gasteiger partial charge < -0.3 is 5.73 Å². The lowest BCUT2D eigenvalue weighted by Gasteiger charge is -2.17. The molecule has 0 saturated carbocycles. The van der Waals surface area contributed by atoms with Gasteiger partial charge in [0.2, 0.25) is 5.96 Å². The standard InChI is InChI=1S/C8H6BrN3O/c9-5-3-1-2-4-6(5)11-8(10)12-7(4)13/h1-3,5H,(H2,10,12,13). The van der Waals surface area contributed by atoms with Crippen LogP contribution < -0.4 is 5.73 Å². The second kappa shape index (κ2) is 2.92. The molecule has 1 unspecified atom stereocenters. The van der Waals surface area contributed by atoms with Gasteiger partial charge in [-0.3, -0.25) is 4.79 Å². The average molecular weight is 240 g/mol. The molecule has 0 fully saturated rings. The molecule has 66 valence electrons. The van der Waals surface area contributed by atoms with Gasteiger partial charge in [-0.15, -0.1) is 0 Å². The SMILES string of the molecule is NC1=NC(=O)C2=CC=CC(Br)C2=N1. The van der Waals surface area contributed by atoms with Crippen LogP contribution in [0.5, 0.6) is 0 Å². The predicted molar refractivity (Wildman–Crippen MR) is 54.0 cm³/mol. The topological polar surface area (TPSA) is 67.8 Å². The van der Waals surface area contributed by atoms with Crippen molar-refractivity contribution in [1.82, 2.24) is 0 Å². The first-order valence-corrected chi connectivity index (χ1v) is 4.60. The third-order valence-corrected chi connectivity index (χ3v) is 2.50. The first-order chi connectivity index (χ1) is 6.18. The van der Waals surface area contributed by atoms with E-state index in [0.717, 1.165) is 0 Å². The molecule has 1 amide bonds. The van der Waals surface area contributed by atoms with E-state index in [9.17, 15) is 4.79 Å². The lowest BCUT2D eigenvalue weighted by Crippen LogP contribution is -2.30. The zero-order valence-corrected chi connectivity index (χ0v) is 8.15. The third-order valence-electron chi connectivity index (χ3n) is 1.76. The van der Waals surface area contributed by atoms with Crippen molar-refractivity contribution in [1.29, 1.82) is 0 Å². The predicted octanol–water partition coefficient (Wildman–Crippen LogP) is 0.542. The Morgan fingerprint density at radius 2 is 2.23 bits per heavy atom. The van der Waals surface area contributed by atoms with Crippen molar-refractivity contribution < 1.29 is 4.79 Å². The van der Waals surface area contributed by atoms with Gasteiger partial charge >= 0.3 is 0 Å². The van der Waals surface area contributed by atoms with Crippen LogP contribution in [-0.2, 0) is 4.79 Å². The molecular formula is C8H6BrN3O. The van der Waals surface area contributed by atoms with Gasteiger partial charge in [0.25, 0.3) is 5.91 Å². The largest absolute Gasteiger partial charge is 0.368 e. The molecule has 0 bridgehead atoms. The number of nitrogens with zero attached hydrogens (tertiary/aromatic N) is 2. The molecule has 1 aliphatic heterocycles. The Bertz CT molecular complexity index is 392. The number of allylic oxidation sites excluding steroid dienone is 3. The summed E-state index contributed by atoms with van der Waals surface area (Å²) < 4.78 is 0. The fraction of sp³-hybridized carbons (Fsp3) is 0.125. The van der Waals surface area contributed by atoms with E-state index >= 15 is 0 Å². The quantitative estimate of drug-likeness (QED) is 0.628. The number of hydrogen-bond donors (Lipinski definition) is 1. The number of halogens is 1. The molecule has 13 heavy (non-hydrogen) atoms. The van der Waals surface area contributed by atoms with Crippen LogP contribution in [0.4, 0.5) is 0 Å². The zero-order chi connectivity index (χ0) is 9.42. The molecule has 4 nitrogen and oxygen atoms in total.